The zero-order valence-electron chi connectivity index (χ0n) is 19.8. The van der Waals surface area contributed by atoms with Gasteiger partial charge in [0.15, 0.2) is 0 Å². The fourth-order valence-corrected chi connectivity index (χ4v) is 4.34. The summed E-state index contributed by atoms with van der Waals surface area (Å²) in [6, 6.07) is 14.8. The Balaban J connectivity index is 1.47. The van der Waals surface area contributed by atoms with Crippen molar-refractivity contribution in [2.24, 2.45) is 0 Å². The van der Waals surface area contributed by atoms with Crippen LogP contribution in [0.15, 0.2) is 65.3 Å². The molecule has 0 atom stereocenters. The molecule has 0 aliphatic carbocycles. The van der Waals surface area contributed by atoms with Crippen molar-refractivity contribution < 1.29 is 36.7 Å². The van der Waals surface area contributed by atoms with E-state index in [0.29, 0.717) is 49.6 Å². The average Bonchev–Trinajstić information content (AvgIpc) is 3.35. The molecule has 0 spiro atoms. The molecule has 0 radical (unpaired) electrons. The Labute approximate surface area is 208 Å². The highest BCUT2D eigenvalue weighted by molar-refractivity contribution is 7.51. The van der Waals surface area contributed by atoms with Crippen molar-refractivity contribution in [1.29, 1.82) is 0 Å². The monoisotopic (exact) mass is 525 g/mol. The molecular weight excluding hydrogens is 494 g/mol. The summed E-state index contributed by atoms with van der Waals surface area (Å²) < 4.78 is 61.1. The first-order valence-corrected chi connectivity index (χ1v) is 13.6. The molecule has 3 rings (SSSR count). The lowest BCUT2D eigenvalue weighted by atomic mass is 10.0. The van der Waals surface area contributed by atoms with Gasteiger partial charge in [0.05, 0.1) is 30.2 Å². The summed E-state index contributed by atoms with van der Waals surface area (Å²) in [6.07, 6.45) is 0.420. The lowest BCUT2D eigenvalue weighted by Crippen LogP contribution is -2.16. The lowest BCUT2D eigenvalue weighted by molar-refractivity contribution is -0.137. The van der Waals surface area contributed by atoms with Gasteiger partial charge in [0.1, 0.15) is 11.5 Å². The summed E-state index contributed by atoms with van der Waals surface area (Å²) in [6.45, 7) is 1.49. The zero-order valence-corrected chi connectivity index (χ0v) is 20.7. The van der Waals surface area contributed by atoms with E-state index in [-0.39, 0.29) is 6.16 Å². The van der Waals surface area contributed by atoms with E-state index >= 15 is 0 Å². The third-order valence-corrected chi connectivity index (χ3v) is 6.48. The predicted octanol–water partition coefficient (Wildman–Crippen LogP) is 6.41. The number of benzene rings is 2. The fraction of sp³-hybridized carbons (Fsp3) is 0.385. The molecule has 0 aliphatic heterocycles. The van der Waals surface area contributed by atoms with Gasteiger partial charge >= 0.3 is 13.8 Å². The molecule has 0 saturated heterocycles. The number of alkyl halides is 3. The second-order valence-electron chi connectivity index (χ2n) is 8.58. The van der Waals surface area contributed by atoms with Gasteiger partial charge in [-0.05, 0) is 80.1 Å². The van der Waals surface area contributed by atoms with Crippen LogP contribution in [-0.4, -0.2) is 29.1 Å². The molecule has 0 bridgehead atoms. The summed E-state index contributed by atoms with van der Waals surface area (Å²) >= 11 is 0. The van der Waals surface area contributed by atoms with E-state index in [2.05, 4.69) is 5.32 Å². The molecule has 6 nitrogen and oxygen atoms in total. The van der Waals surface area contributed by atoms with Crippen molar-refractivity contribution >= 4 is 7.60 Å². The maximum Gasteiger partial charge on any atom is 0.416 e. The van der Waals surface area contributed by atoms with Gasteiger partial charge in [-0.1, -0.05) is 24.3 Å². The Kier molecular flexibility index (Phi) is 10.2. The second kappa shape index (κ2) is 13.1. The minimum Gasteiger partial charge on any atom is -0.493 e. The van der Waals surface area contributed by atoms with Crippen molar-refractivity contribution in [2.45, 2.75) is 44.8 Å². The summed E-state index contributed by atoms with van der Waals surface area (Å²) in [7, 11) is -3.98. The minimum absolute atomic E-state index is 0.148. The number of unbranched alkanes of at least 4 members (excludes halogenated alkanes) is 2. The van der Waals surface area contributed by atoms with E-state index in [0.717, 1.165) is 36.5 Å². The molecule has 3 aromatic rings. The van der Waals surface area contributed by atoms with Crippen molar-refractivity contribution in [1.82, 2.24) is 5.32 Å². The third-order valence-electron chi connectivity index (χ3n) is 5.58. The molecule has 0 saturated carbocycles. The van der Waals surface area contributed by atoms with Crippen molar-refractivity contribution in [3.63, 3.8) is 0 Å². The Bertz CT molecular complexity index is 1130. The number of rotatable bonds is 14. The number of furan rings is 1. The third kappa shape index (κ3) is 9.47. The second-order valence-corrected chi connectivity index (χ2v) is 10.4. The van der Waals surface area contributed by atoms with Crippen molar-refractivity contribution in [3.05, 3.63) is 77.6 Å². The molecule has 0 aliphatic rings. The SMILES string of the molecule is O=P(O)(O)CCCNCc1ccc(OCCCCCc2cccc(C(F)(F)F)c2)c(-c2ccco2)c1. The van der Waals surface area contributed by atoms with Gasteiger partial charge in [-0.3, -0.25) is 4.57 Å². The first-order valence-electron chi connectivity index (χ1n) is 11.8. The number of aryl methyl sites for hydroxylation is 1. The summed E-state index contributed by atoms with van der Waals surface area (Å²) in [5.74, 6) is 1.34. The van der Waals surface area contributed by atoms with Gasteiger partial charge in [0, 0.05) is 6.54 Å². The number of halogens is 3. The topological polar surface area (TPSA) is 91.9 Å². The van der Waals surface area contributed by atoms with Crippen LogP contribution in [0.1, 0.15) is 42.4 Å². The number of hydrogen-bond donors (Lipinski definition) is 3. The highest BCUT2D eigenvalue weighted by Gasteiger charge is 2.30. The van der Waals surface area contributed by atoms with Crippen LogP contribution in [0.5, 0.6) is 5.75 Å². The maximum absolute atomic E-state index is 12.9. The van der Waals surface area contributed by atoms with E-state index < -0.39 is 19.3 Å². The van der Waals surface area contributed by atoms with E-state index in [4.69, 9.17) is 18.9 Å². The largest absolute Gasteiger partial charge is 0.493 e. The van der Waals surface area contributed by atoms with Gasteiger partial charge < -0.3 is 24.3 Å². The molecule has 0 fully saturated rings. The van der Waals surface area contributed by atoms with E-state index in [1.807, 2.05) is 24.3 Å². The van der Waals surface area contributed by atoms with Gasteiger partial charge in [0.25, 0.3) is 0 Å². The fourth-order valence-electron chi connectivity index (χ4n) is 3.77. The molecule has 0 amide bonds. The highest BCUT2D eigenvalue weighted by atomic mass is 31.2. The quantitative estimate of drug-likeness (QED) is 0.166. The molecule has 196 valence electrons. The number of hydrogen-bond acceptors (Lipinski definition) is 4. The first kappa shape index (κ1) is 28.0. The number of nitrogens with one attached hydrogen (secondary N) is 1. The maximum atomic E-state index is 12.9. The Morgan fingerprint density at radius 3 is 2.50 bits per heavy atom. The molecule has 10 heteroatoms. The van der Waals surface area contributed by atoms with Crippen LogP contribution in [0.2, 0.25) is 0 Å². The van der Waals surface area contributed by atoms with Gasteiger partial charge in [-0.2, -0.15) is 13.2 Å². The normalized spacial score (nSPS) is 12.1. The molecule has 36 heavy (non-hydrogen) atoms. The molecule has 3 N–H and O–H groups in total. The van der Waals surface area contributed by atoms with Crippen LogP contribution in [-0.2, 0) is 23.7 Å². The molecule has 0 unspecified atom stereocenters. The standard InChI is InChI=1S/C26H31F3NO5P/c27-26(28,29)22-9-4-8-20(17-22)7-2-1-3-14-34-25-12-11-21(18-23(25)24-10-5-15-35-24)19-30-13-6-16-36(31,32)33/h4-5,8-12,15,17-18,30H,1-3,6-7,13-14,16,19H2,(H2,31,32,33). The molecule has 1 aromatic heterocycles. The number of ether oxygens (including phenoxy) is 1. The summed E-state index contributed by atoms with van der Waals surface area (Å²) in [4.78, 5) is 17.9. The first-order chi connectivity index (χ1) is 17.1. The van der Waals surface area contributed by atoms with Crippen LogP contribution in [0.25, 0.3) is 11.3 Å². The van der Waals surface area contributed by atoms with Crippen molar-refractivity contribution in [3.8, 4) is 17.1 Å². The van der Waals surface area contributed by atoms with Crippen LogP contribution in [0, 0.1) is 0 Å². The van der Waals surface area contributed by atoms with E-state index in [1.165, 1.54) is 12.1 Å². The van der Waals surface area contributed by atoms with Gasteiger partial charge in [0.2, 0.25) is 0 Å². The predicted molar refractivity (Wildman–Crippen MR) is 132 cm³/mol. The van der Waals surface area contributed by atoms with Gasteiger partial charge in [-0.25, -0.2) is 0 Å². The van der Waals surface area contributed by atoms with Crippen LogP contribution in [0.3, 0.4) is 0 Å². The van der Waals surface area contributed by atoms with E-state index in [1.54, 1.807) is 18.4 Å². The molecule has 1 heterocycles. The summed E-state index contributed by atoms with van der Waals surface area (Å²) in [5.41, 5.74) is 1.84. The Morgan fingerprint density at radius 1 is 0.944 bits per heavy atom. The molecule has 2 aromatic carbocycles. The van der Waals surface area contributed by atoms with Gasteiger partial charge in [-0.15, -0.1) is 0 Å². The Hall–Kier alpha value is -2.58. The highest BCUT2D eigenvalue weighted by Crippen LogP contribution is 2.35. The Morgan fingerprint density at radius 2 is 1.78 bits per heavy atom. The smallest absolute Gasteiger partial charge is 0.416 e. The zero-order chi connectivity index (χ0) is 26.0. The average molecular weight is 526 g/mol. The van der Waals surface area contributed by atoms with Crippen LogP contribution >= 0.6 is 7.60 Å². The summed E-state index contributed by atoms with van der Waals surface area (Å²) in [5, 5.41) is 3.18. The van der Waals surface area contributed by atoms with Crippen LogP contribution in [0.4, 0.5) is 13.2 Å². The van der Waals surface area contributed by atoms with E-state index in [9.17, 15) is 17.7 Å². The van der Waals surface area contributed by atoms with Crippen molar-refractivity contribution in [2.75, 3.05) is 19.3 Å². The lowest BCUT2D eigenvalue weighted by Gasteiger charge is -2.13. The minimum atomic E-state index is -4.33. The van der Waals surface area contributed by atoms with Crippen LogP contribution < -0.4 is 10.1 Å². The molecular formula is C26H31F3NO5P.